The number of hydrogen-bond donors (Lipinski definition) is 0. The van der Waals surface area contributed by atoms with Crippen LogP contribution in [0.1, 0.15) is 0 Å². The topological polar surface area (TPSA) is 16.4 Å². The van der Waals surface area contributed by atoms with Crippen molar-refractivity contribution in [2.75, 3.05) is 4.90 Å². The Bertz CT molecular complexity index is 3580. The molecule has 0 aliphatic rings. The summed E-state index contributed by atoms with van der Waals surface area (Å²) in [5.74, 6) is 0. The van der Waals surface area contributed by atoms with E-state index < -0.39 is 0 Å². The van der Waals surface area contributed by atoms with E-state index in [1.165, 1.54) is 58.9 Å². The lowest BCUT2D eigenvalue weighted by molar-refractivity contribution is 0.673. The van der Waals surface area contributed by atoms with Crippen LogP contribution in [0.15, 0.2) is 229 Å². The number of thiophene rings is 1. The van der Waals surface area contributed by atoms with Crippen molar-refractivity contribution in [2.24, 2.45) is 0 Å². The Kier molecular flexibility index (Phi) is 8.39. The summed E-state index contributed by atoms with van der Waals surface area (Å²) in [5, 5.41) is 7.19. The van der Waals surface area contributed by atoms with E-state index in [1.54, 1.807) is 0 Å². The highest BCUT2D eigenvalue weighted by Crippen LogP contribution is 2.43. The highest BCUT2D eigenvalue weighted by Gasteiger charge is 2.18. The number of furan rings is 1. The van der Waals surface area contributed by atoms with Gasteiger partial charge in [0.1, 0.15) is 11.2 Å². The summed E-state index contributed by atoms with van der Waals surface area (Å²) in [4.78, 5) is 2.37. The summed E-state index contributed by atoms with van der Waals surface area (Å²) >= 11 is 1.86. The fraction of sp³-hybridized carbons (Fsp3) is 0. The highest BCUT2D eigenvalue weighted by molar-refractivity contribution is 7.25. The molecule has 0 N–H and O–H groups in total. The van der Waals surface area contributed by atoms with Gasteiger partial charge < -0.3 is 9.32 Å². The van der Waals surface area contributed by atoms with Crippen LogP contribution in [0.3, 0.4) is 0 Å². The van der Waals surface area contributed by atoms with E-state index in [-0.39, 0.29) is 0 Å². The minimum Gasteiger partial charge on any atom is -0.455 e. The van der Waals surface area contributed by atoms with E-state index in [0.717, 1.165) is 55.5 Å². The minimum absolute atomic E-state index is 0.891. The molecule has 0 fully saturated rings. The zero-order valence-electron chi connectivity index (χ0n) is 33.1. The molecule has 0 radical (unpaired) electrons. The van der Waals surface area contributed by atoms with Crippen LogP contribution in [-0.4, -0.2) is 0 Å². The zero-order chi connectivity index (χ0) is 40.3. The fourth-order valence-corrected chi connectivity index (χ4v) is 10.2. The monoisotopic (exact) mass is 795 g/mol. The van der Waals surface area contributed by atoms with Crippen molar-refractivity contribution >= 4 is 81.3 Å². The molecule has 10 aromatic carbocycles. The largest absolute Gasteiger partial charge is 0.455 e. The number of fused-ring (bicyclic) bond motifs is 8. The first-order valence-corrected chi connectivity index (χ1v) is 21.5. The van der Waals surface area contributed by atoms with Gasteiger partial charge in [-0.15, -0.1) is 11.3 Å². The van der Waals surface area contributed by atoms with Crippen molar-refractivity contribution in [2.45, 2.75) is 0 Å². The summed E-state index contributed by atoms with van der Waals surface area (Å²) in [5.41, 5.74) is 14.5. The van der Waals surface area contributed by atoms with Gasteiger partial charge in [0.25, 0.3) is 0 Å². The first-order chi connectivity index (χ1) is 30.2. The molecule has 2 nitrogen and oxygen atoms in total. The molecule has 2 aromatic heterocycles. The average molecular weight is 796 g/mol. The Labute approximate surface area is 357 Å². The lowest BCUT2D eigenvalue weighted by Gasteiger charge is -2.26. The predicted octanol–water partition coefficient (Wildman–Crippen LogP) is 17.2. The third-order valence-electron chi connectivity index (χ3n) is 12.1. The number of anilines is 3. The zero-order valence-corrected chi connectivity index (χ0v) is 33.9. The first kappa shape index (κ1) is 35.2. The van der Waals surface area contributed by atoms with Gasteiger partial charge in [0.05, 0.1) is 0 Å². The van der Waals surface area contributed by atoms with Crippen molar-refractivity contribution < 1.29 is 4.42 Å². The van der Waals surface area contributed by atoms with Gasteiger partial charge in [-0.25, -0.2) is 0 Å². The van der Waals surface area contributed by atoms with E-state index in [9.17, 15) is 0 Å². The maximum Gasteiger partial charge on any atom is 0.143 e. The normalized spacial score (nSPS) is 11.6. The molecular weight excluding hydrogens is 759 g/mol. The van der Waals surface area contributed by atoms with E-state index in [1.807, 2.05) is 11.3 Å². The molecule has 0 saturated heterocycles. The van der Waals surface area contributed by atoms with Gasteiger partial charge in [0, 0.05) is 53.4 Å². The van der Waals surface area contributed by atoms with Gasteiger partial charge >= 0.3 is 0 Å². The second-order valence-corrected chi connectivity index (χ2v) is 16.8. The third-order valence-corrected chi connectivity index (χ3v) is 13.2. The predicted molar refractivity (Wildman–Crippen MR) is 261 cm³/mol. The maximum absolute atomic E-state index is 6.60. The molecule has 0 bridgehead atoms. The summed E-state index contributed by atoms with van der Waals surface area (Å²) in [6, 6.07) is 81.2. The maximum atomic E-state index is 6.60. The molecule has 12 aromatic rings. The van der Waals surface area contributed by atoms with Crippen LogP contribution in [0.2, 0.25) is 0 Å². The lowest BCUT2D eigenvalue weighted by atomic mass is 9.97. The van der Waals surface area contributed by atoms with E-state index in [4.69, 9.17) is 4.42 Å². The molecule has 61 heavy (non-hydrogen) atoms. The highest BCUT2D eigenvalue weighted by atomic mass is 32.1. The van der Waals surface area contributed by atoms with Gasteiger partial charge in [-0.05, 0) is 123 Å². The number of rotatable bonds is 7. The lowest BCUT2D eigenvalue weighted by Crippen LogP contribution is -2.10. The van der Waals surface area contributed by atoms with Crippen molar-refractivity contribution in [3.63, 3.8) is 0 Å². The summed E-state index contributed by atoms with van der Waals surface area (Å²) in [7, 11) is 0. The van der Waals surface area contributed by atoms with E-state index >= 15 is 0 Å². The first-order valence-electron chi connectivity index (χ1n) is 20.7. The summed E-state index contributed by atoms with van der Waals surface area (Å²) in [6.45, 7) is 0. The van der Waals surface area contributed by atoms with Gasteiger partial charge in [0.15, 0.2) is 0 Å². The van der Waals surface area contributed by atoms with Crippen LogP contribution >= 0.6 is 11.3 Å². The second-order valence-electron chi connectivity index (χ2n) is 15.7. The molecule has 12 rings (SSSR count). The number of benzene rings is 10. The fourth-order valence-electron chi connectivity index (χ4n) is 9.07. The standard InChI is InChI=1S/C58H37NOS/c1-2-11-38(12-3-1)42-14-8-15-43(35-42)39-23-29-46(30-24-39)59(47-31-25-40(26-32-47)44-28-34-56-53(37-44)51-19-6-7-22-55(51)61-56)48-17-9-16-45(36-48)49-20-10-21-54-57(49)52-33-27-41-13-4-5-18-50(41)58(52)60-54/h1-37H. The van der Waals surface area contributed by atoms with Crippen molar-refractivity contribution in [3.05, 3.63) is 224 Å². The van der Waals surface area contributed by atoms with Gasteiger partial charge in [-0.1, -0.05) is 152 Å². The summed E-state index contributed by atoms with van der Waals surface area (Å²) < 4.78 is 9.24. The molecule has 3 heteroatoms. The molecule has 286 valence electrons. The molecule has 0 atom stereocenters. The minimum atomic E-state index is 0.891. The van der Waals surface area contributed by atoms with Crippen molar-refractivity contribution in [3.8, 4) is 44.5 Å². The molecule has 0 aliphatic heterocycles. The van der Waals surface area contributed by atoms with Crippen LogP contribution in [0.4, 0.5) is 17.1 Å². The number of nitrogens with zero attached hydrogens (tertiary/aromatic N) is 1. The Hall–Kier alpha value is -7.72. The third kappa shape index (κ3) is 6.18. The SMILES string of the molecule is c1ccc(-c2cccc(-c3ccc(N(c4ccc(-c5ccc6sc7ccccc7c6c5)cc4)c4cccc(-c5cccc6oc7c8ccccc8ccc7c56)c4)cc3)c2)cc1. The Balaban J connectivity index is 0.966. The summed E-state index contributed by atoms with van der Waals surface area (Å²) in [6.07, 6.45) is 0. The molecule has 2 heterocycles. The van der Waals surface area contributed by atoms with Crippen molar-refractivity contribution in [1.29, 1.82) is 0 Å². The molecular formula is C58H37NOS. The van der Waals surface area contributed by atoms with Crippen LogP contribution in [0.5, 0.6) is 0 Å². The van der Waals surface area contributed by atoms with Gasteiger partial charge in [0.2, 0.25) is 0 Å². The van der Waals surface area contributed by atoms with E-state index in [2.05, 4.69) is 229 Å². The van der Waals surface area contributed by atoms with Crippen LogP contribution < -0.4 is 4.90 Å². The Morgan fingerprint density at radius 1 is 0.328 bits per heavy atom. The Morgan fingerprint density at radius 2 is 0.918 bits per heavy atom. The molecule has 0 unspecified atom stereocenters. The Morgan fingerprint density at radius 3 is 1.70 bits per heavy atom. The van der Waals surface area contributed by atoms with Gasteiger partial charge in [-0.2, -0.15) is 0 Å². The van der Waals surface area contributed by atoms with Crippen LogP contribution in [0.25, 0.3) is 97.4 Å². The quantitative estimate of drug-likeness (QED) is 0.160. The van der Waals surface area contributed by atoms with Gasteiger partial charge in [-0.3, -0.25) is 0 Å². The molecule has 0 saturated carbocycles. The van der Waals surface area contributed by atoms with Crippen molar-refractivity contribution in [1.82, 2.24) is 0 Å². The number of hydrogen-bond acceptors (Lipinski definition) is 3. The molecule has 0 spiro atoms. The van der Waals surface area contributed by atoms with Crippen LogP contribution in [0, 0.1) is 0 Å². The smallest absolute Gasteiger partial charge is 0.143 e. The average Bonchev–Trinajstić information content (AvgIpc) is 3.91. The van der Waals surface area contributed by atoms with E-state index in [0.29, 0.717) is 0 Å². The second kappa shape index (κ2) is 14.5. The van der Waals surface area contributed by atoms with Crippen LogP contribution in [-0.2, 0) is 0 Å². The molecule has 0 aliphatic carbocycles. The molecule has 0 amide bonds.